The Morgan fingerprint density at radius 1 is 0.826 bits per heavy atom. The van der Waals surface area contributed by atoms with Crippen molar-refractivity contribution >= 4 is 0 Å². The van der Waals surface area contributed by atoms with E-state index in [1.54, 1.807) is 0 Å². The minimum absolute atomic E-state index is 0.594. The fraction of sp³-hybridized carbons (Fsp3) is 0.900. The molecule has 0 spiro atoms. The maximum atomic E-state index is 4.70. The Bertz CT molecular complexity index is 538. The van der Waals surface area contributed by atoms with Crippen LogP contribution in [-0.4, -0.2) is 14.8 Å². The van der Waals surface area contributed by atoms with Crippen LogP contribution in [0.25, 0.3) is 0 Å². The number of nitrogens with zero attached hydrogens (tertiary/aromatic N) is 3. The number of fused-ring (bicyclic) bond motifs is 1. The van der Waals surface area contributed by atoms with Gasteiger partial charge in [-0.3, -0.25) is 0 Å². The van der Waals surface area contributed by atoms with Crippen LogP contribution < -0.4 is 0 Å². The fourth-order valence-electron chi connectivity index (χ4n) is 6.87. The van der Waals surface area contributed by atoms with Gasteiger partial charge in [-0.05, 0) is 74.5 Å². The molecule has 23 heavy (non-hydrogen) atoms. The molecule has 0 saturated heterocycles. The van der Waals surface area contributed by atoms with Crippen molar-refractivity contribution < 1.29 is 0 Å². The molecule has 3 nitrogen and oxygen atoms in total. The highest BCUT2D eigenvalue weighted by Gasteiger charge is 2.51. The zero-order valence-corrected chi connectivity index (χ0v) is 14.5. The van der Waals surface area contributed by atoms with Crippen LogP contribution in [0.3, 0.4) is 0 Å². The summed E-state index contributed by atoms with van der Waals surface area (Å²) in [6, 6.07) is 0. The van der Waals surface area contributed by atoms with E-state index in [1.165, 1.54) is 95.2 Å². The van der Waals surface area contributed by atoms with E-state index >= 15 is 0 Å². The van der Waals surface area contributed by atoms with Crippen LogP contribution in [0, 0.1) is 23.2 Å². The monoisotopic (exact) mass is 313 g/mol. The molecule has 4 saturated carbocycles. The third kappa shape index (κ3) is 2.64. The lowest BCUT2D eigenvalue weighted by Gasteiger charge is -2.56. The Hall–Kier alpha value is -0.860. The van der Waals surface area contributed by atoms with Gasteiger partial charge in [-0.25, -0.2) is 0 Å². The van der Waals surface area contributed by atoms with Crippen LogP contribution in [-0.2, 0) is 19.4 Å². The first-order valence-corrected chi connectivity index (χ1v) is 10.2. The second-order valence-corrected chi connectivity index (χ2v) is 9.30. The molecule has 1 aromatic heterocycles. The minimum Gasteiger partial charge on any atom is -0.315 e. The van der Waals surface area contributed by atoms with Crippen molar-refractivity contribution in [3.05, 3.63) is 11.6 Å². The van der Waals surface area contributed by atoms with Crippen LogP contribution >= 0.6 is 0 Å². The van der Waals surface area contributed by atoms with E-state index in [1.807, 2.05) is 0 Å². The van der Waals surface area contributed by atoms with Gasteiger partial charge in [0, 0.05) is 19.4 Å². The van der Waals surface area contributed by atoms with Crippen molar-refractivity contribution in [1.82, 2.24) is 14.8 Å². The van der Waals surface area contributed by atoms with Gasteiger partial charge in [0.1, 0.15) is 11.6 Å². The fourth-order valence-corrected chi connectivity index (χ4v) is 6.87. The summed E-state index contributed by atoms with van der Waals surface area (Å²) in [6.07, 6.45) is 18.2. The Morgan fingerprint density at radius 2 is 1.48 bits per heavy atom. The molecule has 0 atom stereocenters. The van der Waals surface area contributed by atoms with E-state index in [4.69, 9.17) is 5.10 Å². The predicted molar refractivity (Wildman–Crippen MR) is 91.1 cm³/mol. The van der Waals surface area contributed by atoms with Gasteiger partial charge < -0.3 is 4.57 Å². The van der Waals surface area contributed by atoms with Crippen LogP contribution in [0.2, 0.25) is 0 Å². The van der Waals surface area contributed by atoms with Gasteiger partial charge in [0.2, 0.25) is 0 Å². The summed E-state index contributed by atoms with van der Waals surface area (Å²) in [4.78, 5) is 0. The summed E-state index contributed by atoms with van der Waals surface area (Å²) in [5.74, 6) is 5.74. The largest absolute Gasteiger partial charge is 0.315 e. The molecule has 126 valence electrons. The molecule has 4 fully saturated rings. The number of aromatic nitrogens is 3. The van der Waals surface area contributed by atoms with Gasteiger partial charge in [-0.15, -0.1) is 10.2 Å². The number of aryl methyl sites for hydroxylation is 1. The number of hydrogen-bond acceptors (Lipinski definition) is 2. The Balaban J connectivity index is 1.40. The topological polar surface area (TPSA) is 30.7 Å². The van der Waals surface area contributed by atoms with E-state index < -0.39 is 0 Å². The average Bonchev–Trinajstić information content (AvgIpc) is 2.90. The number of hydrogen-bond donors (Lipinski definition) is 0. The number of rotatable bonds is 2. The summed E-state index contributed by atoms with van der Waals surface area (Å²) in [5.41, 5.74) is 0.594. The highest BCUT2D eigenvalue weighted by molar-refractivity contribution is 5.07. The molecule has 1 aromatic rings. The molecule has 0 amide bonds. The van der Waals surface area contributed by atoms with Gasteiger partial charge >= 0.3 is 0 Å². The van der Waals surface area contributed by atoms with Crippen molar-refractivity contribution in [3.63, 3.8) is 0 Å². The predicted octanol–water partition coefficient (Wildman–Crippen LogP) is 4.54. The molecule has 1 aliphatic heterocycles. The first-order valence-electron chi connectivity index (χ1n) is 10.2. The second-order valence-electron chi connectivity index (χ2n) is 9.30. The summed E-state index contributed by atoms with van der Waals surface area (Å²) < 4.78 is 2.53. The smallest absolute Gasteiger partial charge is 0.133 e. The van der Waals surface area contributed by atoms with Gasteiger partial charge in [0.25, 0.3) is 0 Å². The molecule has 4 bridgehead atoms. The molecule has 0 unspecified atom stereocenters. The Labute approximate surface area is 140 Å². The summed E-state index contributed by atoms with van der Waals surface area (Å²) in [5, 5.41) is 9.31. The third-order valence-corrected chi connectivity index (χ3v) is 7.38. The van der Waals surface area contributed by atoms with Crippen molar-refractivity contribution in [2.24, 2.45) is 23.2 Å². The van der Waals surface area contributed by atoms with Crippen LogP contribution in [0.1, 0.15) is 82.3 Å². The molecule has 0 radical (unpaired) electrons. The molecule has 5 aliphatic rings. The SMILES string of the molecule is C1CCCc2nnc(CC34CC5CC(CC(C5)C3)C4)n2CCC1. The summed E-state index contributed by atoms with van der Waals surface area (Å²) >= 11 is 0. The Kier molecular flexibility index (Phi) is 3.52. The molecule has 0 aromatic carbocycles. The van der Waals surface area contributed by atoms with Gasteiger partial charge in [0.05, 0.1) is 0 Å². The van der Waals surface area contributed by atoms with Gasteiger partial charge in [-0.1, -0.05) is 19.3 Å². The lowest BCUT2D eigenvalue weighted by molar-refractivity contribution is -0.0536. The van der Waals surface area contributed by atoms with E-state index in [-0.39, 0.29) is 0 Å². The Morgan fingerprint density at radius 3 is 2.22 bits per heavy atom. The first kappa shape index (κ1) is 14.5. The summed E-state index contributed by atoms with van der Waals surface area (Å²) in [6.45, 7) is 1.17. The van der Waals surface area contributed by atoms with E-state index in [2.05, 4.69) is 9.67 Å². The lowest BCUT2D eigenvalue weighted by Crippen LogP contribution is -2.47. The molecule has 0 N–H and O–H groups in total. The van der Waals surface area contributed by atoms with Crippen LogP contribution in [0.4, 0.5) is 0 Å². The highest BCUT2D eigenvalue weighted by atomic mass is 15.3. The normalized spacial score (nSPS) is 39.6. The maximum absolute atomic E-state index is 4.70. The maximum Gasteiger partial charge on any atom is 0.133 e. The third-order valence-electron chi connectivity index (χ3n) is 7.38. The second kappa shape index (κ2) is 5.60. The molecular formula is C20H31N3. The van der Waals surface area contributed by atoms with Crippen LogP contribution in [0.5, 0.6) is 0 Å². The van der Waals surface area contributed by atoms with Crippen molar-refractivity contribution in [1.29, 1.82) is 0 Å². The van der Waals surface area contributed by atoms with Gasteiger partial charge in [0.15, 0.2) is 0 Å². The van der Waals surface area contributed by atoms with Crippen molar-refractivity contribution in [3.8, 4) is 0 Å². The van der Waals surface area contributed by atoms with Crippen molar-refractivity contribution in [2.75, 3.05) is 0 Å². The molecule has 3 heteroatoms. The molecule has 2 heterocycles. The van der Waals surface area contributed by atoms with E-state index in [0.29, 0.717) is 5.41 Å². The molecule has 6 rings (SSSR count). The quantitative estimate of drug-likeness (QED) is 0.802. The average molecular weight is 313 g/mol. The zero-order valence-electron chi connectivity index (χ0n) is 14.5. The summed E-state index contributed by atoms with van der Waals surface area (Å²) in [7, 11) is 0. The first-order chi connectivity index (χ1) is 11.3. The van der Waals surface area contributed by atoms with Gasteiger partial charge in [-0.2, -0.15) is 0 Å². The van der Waals surface area contributed by atoms with E-state index in [9.17, 15) is 0 Å². The standard InChI is InChI=1S/C20H31N3/c1-2-4-6-18-21-22-19(23(18)7-5-3-1)14-20-11-15-8-16(12-20)10-17(9-15)13-20/h15-17H,1-14H2. The minimum atomic E-state index is 0.594. The van der Waals surface area contributed by atoms with Crippen molar-refractivity contribution in [2.45, 2.75) is 90.0 Å². The highest BCUT2D eigenvalue weighted by Crippen LogP contribution is 2.60. The lowest BCUT2D eigenvalue weighted by atomic mass is 9.49. The zero-order chi connectivity index (χ0) is 15.3. The van der Waals surface area contributed by atoms with Crippen LogP contribution in [0.15, 0.2) is 0 Å². The molecular weight excluding hydrogens is 282 g/mol. The molecule has 4 aliphatic carbocycles. The van der Waals surface area contributed by atoms with E-state index in [0.717, 1.165) is 24.2 Å².